The van der Waals surface area contributed by atoms with Gasteiger partial charge in [0.05, 0.1) is 12.3 Å². The summed E-state index contributed by atoms with van der Waals surface area (Å²) in [5, 5.41) is 4.80. The summed E-state index contributed by atoms with van der Waals surface area (Å²) in [4.78, 5) is 6.51. The number of nitrogen functional groups attached to an aromatic ring is 1. The van der Waals surface area contributed by atoms with Gasteiger partial charge in [0.25, 0.3) is 0 Å². The number of rotatable bonds is 6. The zero-order valence-electron chi connectivity index (χ0n) is 19.6. The zero-order chi connectivity index (χ0) is 24.0. The van der Waals surface area contributed by atoms with Crippen LogP contribution in [-0.4, -0.2) is 58.4 Å². The molecule has 2 aliphatic carbocycles. The van der Waals surface area contributed by atoms with Crippen molar-refractivity contribution in [1.29, 1.82) is 0 Å². The van der Waals surface area contributed by atoms with E-state index in [0.29, 0.717) is 35.1 Å². The van der Waals surface area contributed by atoms with Gasteiger partial charge in [-0.3, -0.25) is 9.58 Å². The van der Waals surface area contributed by atoms with Crippen molar-refractivity contribution in [1.82, 2.24) is 19.7 Å². The zero-order valence-corrected chi connectivity index (χ0v) is 19.6. The van der Waals surface area contributed by atoms with E-state index in [9.17, 15) is 13.2 Å². The Bertz CT molecular complexity index is 1010. The molecule has 2 aromatic heterocycles. The molecule has 3 fully saturated rings. The van der Waals surface area contributed by atoms with Gasteiger partial charge in [-0.1, -0.05) is 6.92 Å². The molecule has 3 aliphatic rings. The van der Waals surface area contributed by atoms with Gasteiger partial charge < -0.3 is 15.2 Å². The van der Waals surface area contributed by atoms with Crippen molar-refractivity contribution < 1.29 is 22.6 Å². The molecule has 186 valence electrons. The Hall–Kier alpha value is -2.33. The van der Waals surface area contributed by atoms with E-state index in [-0.39, 0.29) is 11.9 Å². The summed E-state index contributed by atoms with van der Waals surface area (Å²) in [6.45, 7) is 8.02. The summed E-state index contributed by atoms with van der Waals surface area (Å²) in [6.07, 6.45) is 0.991. The lowest BCUT2D eigenvalue weighted by atomic mass is 10.0. The smallest absolute Gasteiger partial charge is 0.402 e. The fraction of sp³-hybridized carbons (Fsp3) is 0.667. The first-order valence-electron chi connectivity index (χ1n) is 12.2. The summed E-state index contributed by atoms with van der Waals surface area (Å²) in [5.74, 6) is 0.911. The number of hydrogen-bond donors (Lipinski definition) is 1. The van der Waals surface area contributed by atoms with Crippen LogP contribution in [0.15, 0.2) is 18.3 Å². The third-order valence-electron chi connectivity index (χ3n) is 7.71. The number of aromatic nitrogens is 3. The number of nitrogens with zero attached hydrogens (tertiary/aromatic N) is 4. The van der Waals surface area contributed by atoms with Crippen LogP contribution in [-0.2, 0) is 4.74 Å². The third kappa shape index (κ3) is 4.62. The topological polar surface area (TPSA) is 78.4 Å². The average molecular weight is 480 g/mol. The Morgan fingerprint density at radius 3 is 2.68 bits per heavy atom. The van der Waals surface area contributed by atoms with Crippen LogP contribution >= 0.6 is 0 Å². The Morgan fingerprint density at radius 1 is 1.21 bits per heavy atom. The van der Waals surface area contributed by atoms with Crippen LogP contribution in [0.5, 0.6) is 5.75 Å². The molecular formula is C24H32F3N5O2. The number of fused-ring (bicyclic) bond motifs is 1. The van der Waals surface area contributed by atoms with E-state index >= 15 is 0 Å². The van der Waals surface area contributed by atoms with Crippen LogP contribution < -0.4 is 10.5 Å². The van der Waals surface area contributed by atoms with Gasteiger partial charge in [0.2, 0.25) is 0 Å². The number of anilines is 1. The minimum atomic E-state index is -4.84. The summed E-state index contributed by atoms with van der Waals surface area (Å²) in [5.41, 5.74) is 7.84. The van der Waals surface area contributed by atoms with Crippen LogP contribution in [0, 0.1) is 11.8 Å². The number of hydrogen-bond acceptors (Lipinski definition) is 6. The van der Waals surface area contributed by atoms with Crippen LogP contribution in [0.2, 0.25) is 0 Å². The molecule has 0 aromatic carbocycles. The molecule has 34 heavy (non-hydrogen) atoms. The van der Waals surface area contributed by atoms with E-state index in [0.717, 1.165) is 39.1 Å². The molecule has 3 heterocycles. The SMILES string of the molecule is CCC(C)n1nc(-c2cnc(N)c(OC(F)(F)F)c2)cc1C1C2CC(N3CCCOCC3)CC21. The van der Waals surface area contributed by atoms with E-state index in [1.807, 2.05) is 6.07 Å². The van der Waals surface area contributed by atoms with E-state index in [4.69, 9.17) is 15.6 Å². The molecule has 0 amide bonds. The van der Waals surface area contributed by atoms with Crippen molar-refractivity contribution >= 4 is 5.82 Å². The maximum Gasteiger partial charge on any atom is 0.573 e. The lowest BCUT2D eigenvalue weighted by Gasteiger charge is -2.28. The second-order valence-electron chi connectivity index (χ2n) is 9.79. The standard InChI is InChI=1S/C24H32F3N5O2/c1-3-14(2)32-20(22-17-10-16(11-18(17)22)31-5-4-7-33-8-6-31)12-19(30-32)15-9-21(23(28)29-13-15)34-24(25,26)27/h9,12-14,16-18,22H,3-8,10-11H2,1-2H3,(H2,28,29). The molecule has 1 aliphatic heterocycles. The minimum absolute atomic E-state index is 0.191. The highest BCUT2D eigenvalue weighted by atomic mass is 19.4. The molecule has 1 saturated heterocycles. The fourth-order valence-electron chi connectivity index (χ4n) is 5.81. The molecule has 10 heteroatoms. The van der Waals surface area contributed by atoms with Crippen molar-refractivity contribution in [3.05, 3.63) is 24.0 Å². The largest absolute Gasteiger partial charge is 0.573 e. The Morgan fingerprint density at radius 2 is 1.97 bits per heavy atom. The van der Waals surface area contributed by atoms with Gasteiger partial charge in [0.15, 0.2) is 11.6 Å². The number of alkyl halides is 3. The van der Waals surface area contributed by atoms with Gasteiger partial charge in [-0.05, 0) is 56.6 Å². The van der Waals surface area contributed by atoms with Gasteiger partial charge in [-0.25, -0.2) is 4.98 Å². The first kappa shape index (κ1) is 23.4. The second-order valence-corrected chi connectivity index (χ2v) is 9.79. The summed E-state index contributed by atoms with van der Waals surface area (Å²) in [6, 6.07) is 4.11. The fourth-order valence-corrected chi connectivity index (χ4v) is 5.81. The van der Waals surface area contributed by atoms with Crippen molar-refractivity contribution in [3.8, 4) is 17.0 Å². The molecule has 7 nitrogen and oxygen atoms in total. The predicted octanol–water partition coefficient (Wildman–Crippen LogP) is 4.61. The van der Waals surface area contributed by atoms with Crippen molar-refractivity contribution in [2.75, 3.05) is 32.0 Å². The van der Waals surface area contributed by atoms with E-state index in [2.05, 4.69) is 33.2 Å². The van der Waals surface area contributed by atoms with Crippen LogP contribution in [0.1, 0.15) is 57.2 Å². The maximum atomic E-state index is 12.8. The lowest BCUT2D eigenvalue weighted by molar-refractivity contribution is -0.274. The average Bonchev–Trinajstić information content (AvgIpc) is 3.13. The van der Waals surface area contributed by atoms with Gasteiger partial charge in [0, 0.05) is 55.2 Å². The first-order chi connectivity index (χ1) is 16.2. The second kappa shape index (κ2) is 9.03. The molecule has 2 N–H and O–H groups in total. The van der Waals surface area contributed by atoms with Gasteiger partial charge in [-0.15, -0.1) is 13.2 Å². The highest BCUT2D eigenvalue weighted by molar-refractivity contribution is 5.64. The Balaban J connectivity index is 1.37. The highest BCUT2D eigenvalue weighted by Crippen LogP contribution is 2.64. The number of nitrogens with two attached hydrogens (primary N) is 1. The molecule has 2 saturated carbocycles. The number of ether oxygens (including phenoxy) is 2. The quantitative estimate of drug-likeness (QED) is 0.652. The summed E-state index contributed by atoms with van der Waals surface area (Å²) < 4.78 is 50.1. The van der Waals surface area contributed by atoms with Crippen LogP contribution in [0.4, 0.5) is 19.0 Å². The molecule has 2 aromatic rings. The molecule has 5 rings (SSSR count). The highest BCUT2D eigenvalue weighted by Gasteiger charge is 2.58. The van der Waals surface area contributed by atoms with Crippen LogP contribution in [0.25, 0.3) is 11.3 Å². The van der Waals surface area contributed by atoms with Gasteiger partial charge in [0.1, 0.15) is 0 Å². The van der Waals surface area contributed by atoms with E-state index in [1.54, 1.807) is 0 Å². The molecule has 0 spiro atoms. The molecule has 0 bridgehead atoms. The maximum absolute atomic E-state index is 12.8. The van der Waals surface area contributed by atoms with Crippen molar-refractivity contribution in [2.45, 2.75) is 63.9 Å². The molecule has 3 atom stereocenters. The predicted molar refractivity (Wildman–Crippen MR) is 121 cm³/mol. The van der Waals surface area contributed by atoms with E-state index < -0.39 is 12.1 Å². The van der Waals surface area contributed by atoms with E-state index in [1.165, 1.54) is 30.8 Å². The lowest BCUT2D eigenvalue weighted by Crippen LogP contribution is -2.36. The molecule has 3 unspecified atom stereocenters. The molecule has 0 radical (unpaired) electrons. The Labute approximate surface area is 197 Å². The normalized spacial score (nSPS) is 28.4. The minimum Gasteiger partial charge on any atom is -0.402 e. The third-order valence-corrected chi connectivity index (χ3v) is 7.71. The Kier molecular flexibility index (Phi) is 6.22. The number of halogens is 3. The summed E-state index contributed by atoms with van der Waals surface area (Å²) in [7, 11) is 0. The van der Waals surface area contributed by atoms with Gasteiger partial charge in [-0.2, -0.15) is 5.10 Å². The van der Waals surface area contributed by atoms with Crippen molar-refractivity contribution in [3.63, 3.8) is 0 Å². The number of pyridine rings is 1. The van der Waals surface area contributed by atoms with Crippen LogP contribution in [0.3, 0.4) is 0 Å². The van der Waals surface area contributed by atoms with Crippen molar-refractivity contribution in [2.24, 2.45) is 11.8 Å². The first-order valence-corrected chi connectivity index (χ1v) is 12.2. The van der Waals surface area contributed by atoms with Gasteiger partial charge >= 0.3 is 6.36 Å². The summed E-state index contributed by atoms with van der Waals surface area (Å²) >= 11 is 0. The monoisotopic (exact) mass is 479 g/mol. The molecular weight excluding hydrogens is 447 g/mol.